The lowest BCUT2D eigenvalue weighted by atomic mass is 10.3. The van der Waals surface area contributed by atoms with Crippen molar-refractivity contribution in [3.63, 3.8) is 0 Å². The quantitative estimate of drug-likeness (QED) is 0.733. The van der Waals surface area contributed by atoms with Crippen molar-refractivity contribution >= 4 is 17.2 Å². The van der Waals surface area contributed by atoms with E-state index in [2.05, 4.69) is 9.80 Å². The van der Waals surface area contributed by atoms with E-state index in [1.165, 1.54) is 11.3 Å². The summed E-state index contributed by atoms with van der Waals surface area (Å²) in [6.07, 6.45) is 0. The summed E-state index contributed by atoms with van der Waals surface area (Å²) in [7, 11) is 0. The number of piperazine rings is 1. The fourth-order valence-corrected chi connectivity index (χ4v) is 3.72. The fourth-order valence-electron chi connectivity index (χ4n) is 2.95. The van der Waals surface area contributed by atoms with E-state index in [1.54, 1.807) is 0 Å². The predicted octanol–water partition coefficient (Wildman–Crippen LogP) is 0.704. The van der Waals surface area contributed by atoms with Crippen LogP contribution in [0, 0.1) is 6.92 Å². The Bertz CT molecular complexity index is 557. The Balaban J connectivity index is 1.74. The molecule has 23 heavy (non-hydrogen) atoms. The van der Waals surface area contributed by atoms with E-state index < -0.39 is 0 Å². The molecule has 0 saturated carbocycles. The van der Waals surface area contributed by atoms with Crippen molar-refractivity contribution in [2.45, 2.75) is 27.3 Å². The van der Waals surface area contributed by atoms with E-state index in [0.29, 0.717) is 6.54 Å². The highest BCUT2D eigenvalue weighted by atomic mass is 32.1. The number of aromatic nitrogens is 1. The van der Waals surface area contributed by atoms with Gasteiger partial charge in [-0.3, -0.25) is 19.4 Å². The van der Waals surface area contributed by atoms with Gasteiger partial charge in [-0.2, -0.15) is 0 Å². The molecule has 0 unspecified atom stereocenters. The maximum Gasteiger partial charge on any atom is 0.307 e. The van der Waals surface area contributed by atoms with Crippen LogP contribution in [0.2, 0.25) is 0 Å². The molecule has 0 aromatic carbocycles. The zero-order valence-electron chi connectivity index (χ0n) is 14.5. The summed E-state index contributed by atoms with van der Waals surface area (Å²) in [6.45, 7) is 13.5. The number of aryl methyl sites for hydroxylation is 1. The van der Waals surface area contributed by atoms with E-state index in [9.17, 15) is 9.59 Å². The number of amides is 1. The molecule has 0 radical (unpaired) electrons. The molecule has 0 atom stereocenters. The van der Waals surface area contributed by atoms with Crippen LogP contribution in [0.5, 0.6) is 0 Å². The molecule has 0 aliphatic carbocycles. The normalized spacial score (nSPS) is 16.7. The third kappa shape index (κ3) is 4.89. The molecule has 130 valence electrons. The number of nitrogens with zero attached hydrogens (tertiary/aromatic N) is 4. The van der Waals surface area contributed by atoms with Crippen LogP contribution in [-0.4, -0.2) is 77.5 Å². The van der Waals surface area contributed by atoms with Gasteiger partial charge in [-0.1, -0.05) is 11.3 Å². The Kier molecular flexibility index (Phi) is 6.80. The van der Waals surface area contributed by atoms with E-state index in [-0.39, 0.29) is 10.8 Å². The van der Waals surface area contributed by atoms with Gasteiger partial charge in [0.1, 0.15) is 0 Å². The molecule has 1 amide bonds. The lowest BCUT2D eigenvalue weighted by Crippen LogP contribution is -2.50. The van der Waals surface area contributed by atoms with E-state index in [4.69, 9.17) is 0 Å². The van der Waals surface area contributed by atoms with E-state index in [0.717, 1.165) is 58.1 Å². The smallest absolute Gasteiger partial charge is 0.307 e. The van der Waals surface area contributed by atoms with Gasteiger partial charge in [0.2, 0.25) is 5.91 Å². The van der Waals surface area contributed by atoms with Crippen molar-refractivity contribution in [2.24, 2.45) is 0 Å². The Hall–Kier alpha value is -1.18. The third-order valence-corrected chi connectivity index (χ3v) is 5.44. The van der Waals surface area contributed by atoms with Crippen molar-refractivity contribution < 1.29 is 4.79 Å². The molecular formula is C16H28N4O2S. The fraction of sp³-hybridized carbons (Fsp3) is 0.750. The monoisotopic (exact) mass is 340 g/mol. The summed E-state index contributed by atoms with van der Waals surface area (Å²) in [5.74, 6) is 0.226. The Morgan fingerprint density at radius 3 is 2.26 bits per heavy atom. The first-order valence-electron chi connectivity index (χ1n) is 8.42. The number of hydrogen-bond donors (Lipinski definition) is 0. The molecule has 2 heterocycles. The largest absolute Gasteiger partial charge is 0.342 e. The van der Waals surface area contributed by atoms with Gasteiger partial charge in [-0.25, -0.2) is 0 Å². The molecule has 2 rings (SSSR count). The molecule has 0 N–H and O–H groups in total. The summed E-state index contributed by atoms with van der Waals surface area (Å²) in [5.41, 5.74) is 1.04. The zero-order valence-corrected chi connectivity index (χ0v) is 15.3. The predicted molar refractivity (Wildman–Crippen MR) is 94.1 cm³/mol. The molecular weight excluding hydrogens is 312 g/mol. The SMILES string of the molecule is CCN(CC)C(=O)CN1CCN(CCn2c(C)csc2=O)CC1. The van der Waals surface area contributed by atoms with Crippen LogP contribution < -0.4 is 4.87 Å². The van der Waals surface area contributed by atoms with Crippen molar-refractivity contribution in [3.05, 3.63) is 20.7 Å². The first-order valence-corrected chi connectivity index (χ1v) is 9.30. The molecule has 1 aromatic rings. The van der Waals surface area contributed by atoms with Crippen LogP contribution in [0.15, 0.2) is 10.2 Å². The molecule has 1 fully saturated rings. The lowest BCUT2D eigenvalue weighted by Gasteiger charge is -2.35. The summed E-state index contributed by atoms with van der Waals surface area (Å²) in [4.78, 5) is 30.5. The first kappa shape index (κ1) is 18.2. The van der Waals surface area contributed by atoms with Gasteiger partial charge in [-0.05, 0) is 20.8 Å². The Morgan fingerprint density at radius 1 is 1.13 bits per heavy atom. The number of hydrogen-bond acceptors (Lipinski definition) is 5. The van der Waals surface area contributed by atoms with Crippen LogP contribution >= 0.6 is 11.3 Å². The number of rotatable bonds is 7. The van der Waals surface area contributed by atoms with Crippen molar-refractivity contribution in [2.75, 3.05) is 52.4 Å². The summed E-state index contributed by atoms with van der Waals surface area (Å²) >= 11 is 1.27. The number of carbonyl (C=O) groups excluding carboxylic acids is 1. The topological polar surface area (TPSA) is 48.8 Å². The van der Waals surface area contributed by atoms with Gasteiger partial charge in [0, 0.05) is 63.4 Å². The zero-order chi connectivity index (χ0) is 16.8. The molecule has 0 bridgehead atoms. The average Bonchev–Trinajstić information content (AvgIpc) is 2.86. The summed E-state index contributed by atoms with van der Waals surface area (Å²) in [6, 6.07) is 0. The number of likely N-dealkylation sites (N-methyl/N-ethyl adjacent to an activating group) is 1. The van der Waals surface area contributed by atoms with Crippen LogP contribution in [0.4, 0.5) is 0 Å². The second kappa shape index (κ2) is 8.61. The number of carbonyl (C=O) groups is 1. The lowest BCUT2D eigenvalue weighted by molar-refractivity contribution is -0.132. The third-order valence-electron chi connectivity index (χ3n) is 4.56. The van der Waals surface area contributed by atoms with Gasteiger partial charge in [0.15, 0.2) is 0 Å². The highest BCUT2D eigenvalue weighted by Crippen LogP contribution is 2.05. The summed E-state index contributed by atoms with van der Waals surface area (Å²) < 4.78 is 1.85. The molecule has 0 spiro atoms. The minimum absolute atomic E-state index is 0.131. The van der Waals surface area contributed by atoms with Gasteiger partial charge in [0.25, 0.3) is 0 Å². The molecule has 1 aromatic heterocycles. The second-order valence-electron chi connectivity index (χ2n) is 5.98. The van der Waals surface area contributed by atoms with Crippen LogP contribution in [0.3, 0.4) is 0 Å². The maximum absolute atomic E-state index is 12.1. The minimum Gasteiger partial charge on any atom is -0.342 e. The second-order valence-corrected chi connectivity index (χ2v) is 6.80. The van der Waals surface area contributed by atoms with E-state index in [1.807, 2.05) is 35.6 Å². The molecule has 6 nitrogen and oxygen atoms in total. The molecule has 1 saturated heterocycles. The standard InChI is InChI=1S/C16H28N4O2S/c1-4-19(5-2)15(21)12-18-8-6-17(7-9-18)10-11-20-14(3)13-23-16(20)22/h13H,4-12H2,1-3H3. The van der Waals surface area contributed by atoms with Crippen LogP contribution in [-0.2, 0) is 11.3 Å². The van der Waals surface area contributed by atoms with Crippen LogP contribution in [0.1, 0.15) is 19.5 Å². The summed E-state index contributed by atoms with van der Waals surface area (Å²) in [5, 5.41) is 1.92. The Labute approximate surface area is 142 Å². The molecule has 7 heteroatoms. The number of thiazole rings is 1. The van der Waals surface area contributed by atoms with Crippen LogP contribution in [0.25, 0.3) is 0 Å². The van der Waals surface area contributed by atoms with E-state index >= 15 is 0 Å². The maximum atomic E-state index is 12.1. The van der Waals surface area contributed by atoms with Crippen molar-refractivity contribution in [1.82, 2.24) is 19.3 Å². The minimum atomic E-state index is 0.131. The highest BCUT2D eigenvalue weighted by molar-refractivity contribution is 7.07. The van der Waals surface area contributed by atoms with Gasteiger partial charge >= 0.3 is 4.87 Å². The van der Waals surface area contributed by atoms with Gasteiger partial charge < -0.3 is 9.47 Å². The van der Waals surface area contributed by atoms with Gasteiger partial charge in [0.05, 0.1) is 6.54 Å². The Morgan fingerprint density at radius 2 is 1.74 bits per heavy atom. The average molecular weight is 340 g/mol. The van der Waals surface area contributed by atoms with Crippen molar-refractivity contribution in [1.29, 1.82) is 0 Å². The molecule has 1 aliphatic heterocycles. The first-order chi connectivity index (χ1) is 11.0. The van der Waals surface area contributed by atoms with Crippen molar-refractivity contribution in [3.8, 4) is 0 Å². The van der Waals surface area contributed by atoms with Gasteiger partial charge in [-0.15, -0.1) is 0 Å². The highest BCUT2D eigenvalue weighted by Gasteiger charge is 2.20. The molecule has 1 aliphatic rings.